The number of nitrogen functional groups attached to an aromatic ring is 1. The molecule has 0 unspecified atom stereocenters. The van der Waals surface area contributed by atoms with Gasteiger partial charge in [0.25, 0.3) is 0 Å². The molecule has 7 heteroatoms. The maximum absolute atomic E-state index is 11.9. The van der Waals surface area contributed by atoms with Gasteiger partial charge in [-0.05, 0) is 13.0 Å². The maximum Gasteiger partial charge on any atom is 0.301 e. The van der Waals surface area contributed by atoms with Gasteiger partial charge in [-0.25, -0.2) is 5.84 Å². The molecule has 3 aromatic rings. The third-order valence-corrected chi connectivity index (χ3v) is 3.76. The summed E-state index contributed by atoms with van der Waals surface area (Å²) >= 11 is 6.01. The van der Waals surface area contributed by atoms with Crippen molar-refractivity contribution in [3.05, 3.63) is 52.5 Å². The Labute approximate surface area is 125 Å². The summed E-state index contributed by atoms with van der Waals surface area (Å²) in [5.74, 6) is 4.93. The van der Waals surface area contributed by atoms with E-state index in [-0.39, 0.29) is 5.76 Å². The van der Waals surface area contributed by atoms with E-state index in [1.54, 1.807) is 16.9 Å². The number of hydrogen-bond acceptors (Lipinski definition) is 4. The SMILES string of the molecule is Cc1c(Cl)cnn1Cc1c(C(=O)NN)oc2ccccc12. The number of furan rings is 1. The Bertz CT molecular complexity index is 822. The maximum atomic E-state index is 11.9. The summed E-state index contributed by atoms with van der Waals surface area (Å²) < 4.78 is 7.32. The van der Waals surface area contributed by atoms with Crippen LogP contribution in [0.3, 0.4) is 0 Å². The number of halogens is 1. The van der Waals surface area contributed by atoms with E-state index in [1.165, 1.54) is 0 Å². The first-order valence-corrected chi connectivity index (χ1v) is 6.69. The zero-order valence-corrected chi connectivity index (χ0v) is 12.0. The minimum absolute atomic E-state index is 0.185. The predicted octanol–water partition coefficient (Wildman–Crippen LogP) is 2.24. The van der Waals surface area contributed by atoms with Gasteiger partial charge in [0.2, 0.25) is 0 Å². The number of nitrogens with zero attached hydrogens (tertiary/aromatic N) is 2. The van der Waals surface area contributed by atoms with Crippen LogP contribution in [0.2, 0.25) is 5.02 Å². The number of carbonyl (C=O) groups excluding carboxylic acids is 1. The summed E-state index contributed by atoms with van der Waals surface area (Å²) in [4.78, 5) is 11.9. The summed E-state index contributed by atoms with van der Waals surface area (Å²) in [5, 5.41) is 5.63. The number of para-hydroxylation sites is 1. The lowest BCUT2D eigenvalue weighted by Gasteiger charge is -2.05. The minimum atomic E-state index is -0.475. The molecule has 0 spiro atoms. The molecule has 3 N–H and O–H groups in total. The normalized spacial score (nSPS) is 11.0. The molecule has 1 aromatic carbocycles. The topological polar surface area (TPSA) is 86.1 Å². The molecule has 2 heterocycles. The van der Waals surface area contributed by atoms with Crippen LogP contribution in [0.1, 0.15) is 21.8 Å². The number of hydrogen-bond donors (Lipinski definition) is 2. The Balaban J connectivity index is 2.15. The Morgan fingerprint density at radius 3 is 2.90 bits per heavy atom. The van der Waals surface area contributed by atoms with E-state index in [0.29, 0.717) is 17.2 Å². The average Bonchev–Trinajstić information content (AvgIpc) is 3.02. The smallest absolute Gasteiger partial charge is 0.301 e. The van der Waals surface area contributed by atoms with E-state index < -0.39 is 5.91 Å². The molecule has 1 amide bonds. The lowest BCUT2D eigenvalue weighted by molar-refractivity contribution is 0.0926. The molecular formula is C14H13ClN4O2. The van der Waals surface area contributed by atoms with Crippen molar-refractivity contribution in [1.82, 2.24) is 15.2 Å². The van der Waals surface area contributed by atoms with E-state index in [0.717, 1.165) is 16.6 Å². The lowest BCUT2D eigenvalue weighted by Crippen LogP contribution is -2.30. The van der Waals surface area contributed by atoms with Crippen molar-refractivity contribution >= 4 is 28.5 Å². The second-order valence-corrected chi connectivity index (χ2v) is 5.02. The highest BCUT2D eigenvalue weighted by molar-refractivity contribution is 6.31. The predicted molar refractivity (Wildman–Crippen MR) is 78.9 cm³/mol. The molecule has 0 fully saturated rings. The van der Waals surface area contributed by atoms with E-state index in [9.17, 15) is 4.79 Å². The average molecular weight is 305 g/mol. The molecule has 0 aliphatic carbocycles. The van der Waals surface area contributed by atoms with Gasteiger partial charge in [-0.15, -0.1) is 0 Å². The molecule has 0 saturated heterocycles. The van der Waals surface area contributed by atoms with Crippen LogP contribution in [-0.4, -0.2) is 15.7 Å². The van der Waals surface area contributed by atoms with E-state index >= 15 is 0 Å². The second kappa shape index (κ2) is 5.23. The molecule has 0 saturated carbocycles. The first-order valence-electron chi connectivity index (χ1n) is 6.31. The van der Waals surface area contributed by atoms with Crippen molar-refractivity contribution in [2.75, 3.05) is 0 Å². The van der Waals surface area contributed by atoms with Crippen LogP contribution in [0.4, 0.5) is 0 Å². The number of hydrazine groups is 1. The fourth-order valence-corrected chi connectivity index (χ4v) is 2.38. The Kier molecular flexibility index (Phi) is 3.40. The number of aromatic nitrogens is 2. The fourth-order valence-electron chi connectivity index (χ4n) is 2.24. The van der Waals surface area contributed by atoms with Gasteiger partial charge in [-0.3, -0.25) is 14.9 Å². The van der Waals surface area contributed by atoms with Crippen molar-refractivity contribution < 1.29 is 9.21 Å². The van der Waals surface area contributed by atoms with Gasteiger partial charge in [-0.2, -0.15) is 5.10 Å². The van der Waals surface area contributed by atoms with Gasteiger partial charge in [0, 0.05) is 10.9 Å². The summed E-state index contributed by atoms with van der Waals surface area (Å²) in [6.07, 6.45) is 1.57. The van der Waals surface area contributed by atoms with Crippen LogP contribution >= 0.6 is 11.6 Å². The third-order valence-electron chi connectivity index (χ3n) is 3.39. The van der Waals surface area contributed by atoms with Gasteiger partial charge in [-0.1, -0.05) is 29.8 Å². The lowest BCUT2D eigenvalue weighted by atomic mass is 10.1. The van der Waals surface area contributed by atoms with E-state index in [4.69, 9.17) is 21.9 Å². The van der Waals surface area contributed by atoms with E-state index in [1.807, 2.05) is 25.1 Å². The van der Waals surface area contributed by atoms with Gasteiger partial charge in [0.05, 0.1) is 23.5 Å². The van der Waals surface area contributed by atoms with Gasteiger partial charge in [0.1, 0.15) is 5.58 Å². The highest BCUT2D eigenvalue weighted by atomic mass is 35.5. The molecule has 3 rings (SSSR count). The van der Waals surface area contributed by atoms with Crippen LogP contribution in [0, 0.1) is 6.92 Å². The number of benzene rings is 1. The van der Waals surface area contributed by atoms with Crippen LogP contribution in [0.15, 0.2) is 34.9 Å². The first-order chi connectivity index (χ1) is 10.1. The van der Waals surface area contributed by atoms with Gasteiger partial charge in [0.15, 0.2) is 5.76 Å². The van der Waals surface area contributed by atoms with Crippen molar-refractivity contribution in [1.29, 1.82) is 0 Å². The van der Waals surface area contributed by atoms with Gasteiger partial charge >= 0.3 is 5.91 Å². The number of fused-ring (bicyclic) bond motifs is 1. The monoisotopic (exact) mass is 304 g/mol. The van der Waals surface area contributed by atoms with Crippen LogP contribution in [-0.2, 0) is 6.54 Å². The highest BCUT2D eigenvalue weighted by Crippen LogP contribution is 2.27. The standard InChI is InChI=1S/C14H13ClN4O2/c1-8-11(15)6-17-19(8)7-10-9-4-2-3-5-12(9)21-13(10)14(20)18-16/h2-6H,7,16H2,1H3,(H,18,20). The quantitative estimate of drug-likeness (QED) is 0.441. The van der Waals surface area contributed by atoms with Crippen molar-refractivity contribution in [3.8, 4) is 0 Å². The van der Waals surface area contributed by atoms with E-state index in [2.05, 4.69) is 10.5 Å². The largest absolute Gasteiger partial charge is 0.450 e. The molecule has 2 aromatic heterocycles. The molecular weight excluding hydrogens is 292 g/mol. The van der Waals surface area contributed by atoms with Crippen LogP contribution < -0.4 is 11.3 Å². The third kappa shape index (κ3) is 2.28. The number of amides is 1. The summed E-state index contributed by atoms with van der Waals surface area (Å²) in [5.41, 5.74) is 4.27. The molecule has 108 valence electrons. The zero-order chi connectivity index (χ0) is 15.0. The number of carbonyl (C=O) groups is 1. The Morgan fingerprint density at radius 2 is 2.24 bits per heavy atom. The summed E-state index contributed by atoms with van der Waals surface area (Å²) in [6.45, 7) is 2.23. The Morgan fingerprint density at radius 1 is 1.48 bits per heavy atom. The van der Waals surface area contributed by atoms with Crippen LogP contribution in [0.25, 0.3) is 11.0 Å². The first kappa shape index (κ1) is 13.7. The molecule has 21 heavy (non-hydrogen) atoms. The number of rotatable bonds is 3. The highest BCUT2D eigenvalue weighted by Gasteiger charge is 2.21. The van der Waals surface area contributed by atoms with Crippen LogP contribution in [0.5, 0.6) is 0 Å². The number of nitrogens with one attached hydrogen (secondary N) is 1. The van der Waals surface area contributed by atoms with Crippen molar-refractivity contribution in [3.63, 3.8) is 0 Å². The molecule has 0 bridgehead atoms. The van der Waals surface area contributed by atoms with Crippen molar-refractivity contribution in [2.45, 2.75) is 13.5 Å². The fraction of sp³-hybridized carbons (Fsp3) is 0.143. The molecule has 0 radical (unpaired) electrons. The van der Waals surface area contributed by atoms with Crippen molar-refractivity contribution in [2.24, 2.45) is 5.84 Å². The molecule has 6 nitrogen and oxygen atoms in total. The summed E-state index contributed by atoms with van der Waals surface area (Å²) in [7, 11) is 0. The number of nitrogens with two attached hydrogens (primary N) is 1. The molecule has 0 aliphatic heterocycles. The molecule has 0 aliphatic rings. The second-order valence-electron chi connectivity index (χ2n) is 4.61. The summed E-state index contributed by atoms with van der Waals surface area (Å²) in [6, 6.07) is 7.42. The minimum Gasteiger partial charge on any atom is -0.450 e. The van der Waals surface area contributed by atoms with Gasteiger partial charge < -0.3 is 4.42 Å². The Hall–Kier alpha value is -2.31. The zero-order valence-electron chi connectivity index (χ0n) is 11.3. The molecule has 0 atom stereocenters.